The normalized spacial score (nSPS) is 19.2. The average molecular weight is 295 g/mol. The minimum atomic E-state index is 0.525. The van der Waals surface area contributed by atoms with Crippen molar-refractivity contribution in [3.05, 3.63) is 34.9 Å². The first-order valence-corrected chi connectivity index (χ1v) is 7.89. The zero-order valence-corrected chi connectivity index (χ0v) is 12.6. The molecule has 1 fully saturated rings. The third-order valence-corrected chi connectivity index (χ3v) is 5.46. The smallest absolute Gasteiger partial charge is 0.00911 e. The van der Waals surface area contributed by atoms with Crippen LogP contribution in [0.5, 0.6) is 0 Å². The van der Waals surface area contributed by atoms with Crippen LogP contribution >= 0.6 is 15.9 Å². The molecule has 0 radical (unpaired) electrons. The van der Waals surface area contributed by atoms with Crippen molar-refractivity contribution in [2.45, 2.75) is 52.4 Å². The van der Waals surface area contributed by atoms with Gasteiger partial charge in [-0.1, -0.05) is 59.0 Å². The first kappa shape index (κ1) is 13.1. The summed E-state index contributed by atoms with van der Waals surface area (Å²) in [4.78, 5) is 0. The van der Waals surface area contributed by atoms with Gasteiger partial charge in [0, 0.05) is 5.33 Å². The van der Waals surface area contributed by atoms with Crippen molar-refractivity contribution < 1.29 is 0 Å². The summed E-state index contributed by atoms with van der Waals surface area (Å²) in [5.41, 5.74) is 4.94. The van der Waals surface area contributed by atoms with Crippen molar-refractivity contribution in [2.24, 2.45) is 5.41 Å². The van der Waals surface area contributed by atoms with Gasteiger partial charge in [-0.2, -0.15) is 0 Å². The van der Waals surface area contributed by atoms with E-state index in [1.807, 2.05) is 0 Å². The zero-order valence-electron chi connectivity index (χ0n) is 11.1. The third-order valence-electron chi connectivity index (χ3n) is 4.27. The first-order chi connectivity index (χ1) is 8.15. The predicted octanol–water partition coefficient (Wildman–Crippen LogP) is 5.19. The Morgan fingerprint density at radius 2 is 1.82 bits per heavy atom. The lowest BCUT2D eigenvalue weighted by molar-refractivity contribution is 0.223. The lowest BCUT2D eigenvalue weighted by Gasteiger charge is -2.36. The van der Waals surface area contributed by atoms with Gasteiger partial charge in [-0.3, -0.25) is 0 Å². The first-order valence-electron chi connectivity index (χ1n) is 6.77. The summed E-state index contributed by atoms with van der Waals surface area (Å²) in [6, 6.07) is 6.88. The highest BCUT2D eigenvalue weighted by Crippen LogP contribution is 2.41. The summed E-state index contributed by atoms with van der Waals surface area (Å²) in [5.74, 6) is 0. The number of halogens is 1. The summed E-state index contributed by atoms with van der Waals surface area (Å²) in [6.45, 7) is 4.45. The van der Waals surface area contributed by atoms with Crippen LogP contribution in [0.2, 0.25) is 0 Å². The van der Waals surface area contributed by atoms with Crippen LogP contribution in [-0.2, 0) is 6.42 Å². The lowest BCUT2D eigenvalue weighted by Crippen LogP contribution is -2.28. The summed E-state index contributed by atoms with van der Waals surface area (Å²) >= 11 is 3.77. The van der Waals surface area contributed by atoms with Gasteiger partial charge in [0.1, 0.15) is 0 Å². The van der Waals surface area contributed by atoms with Crippen LogP contribution in [0, 0.1) is 19.3 Å². The largest absolute Gasteiger partial charge is 0.0922 e. The molecule has 0 heterocycles. The van der Waals surface area contributed by atoms with E-state index in [-0.39, 0.29) is 0 Å². The van der Waals surface area contributed by atoms with Crippen molar-refractivity contribution in [3.63, 3.8) is 0 Å². The molecule has 0 nitrogen and oxygen atoms in total. The molecular weight excluding hydrogens is 272 g/mol. The van der Waals surface area contributed by atoms with Gasteiger partial charge in [0.15, 0.2) is 0 Å². The molecule has 0 bridgehead atoms. The Kier molecular flexibility index (Phi) is 4.30. The average Bonchev–Trinajstić information content (AvgIpc) is 2.35. The van der Waals surface area contributed by atoms with E-state index >= 15 is 0 Å². The van der Waals surface area contributed by atoms with Crippen LogP contribution in [0.15, 0.2) is 18.2 Å². The number of aryl methyl sites for hydroxylation is 2. The van der Waals surface area contributed by atoms with E-state index in [1.54, 1.807) is 5.56 Å². The molecule has 17 heavy (non-hydrogen) atoms. The molecule has 0 atom stereocenters. The van der Waals surface area contributed by atoms with E-state index in [2.05, 4.69) is 48.0 Å². The molecule has 0 amide bonds. The Hall–Kier alpha value is -0.300. The third kappa shape index (κ3) is 3.13. The SMILES string of the molecule is Cc1ccc(C)c(CC2(CBr)CCCCC2)c1. The molecule has 0 saturated heterocycles. The minimum Gasteiger partial charge on any atom is -0.0922 e. The fourth-order valence-electron chi connectivity index (χ4n) is 3.05. The van der Waals surface area contributed by atoms with E-state index in [9.17, 15) is 0 Å². The van der Waals surface area contributed by atoms with Crippen LogP contribution in [0.1, 0.15) is 48.8 Å². The molecule has 1 aromatic rings. The monoisotopic (exact) mass is 294 g/mol. The van der Waals surface area contributed by atoms with Crippen LogP contribution in [-0.4, -0.2) is 5.33 Å². The molecular formula is C16H23Br. The lowest BCUT2D eigenvalue weighted by atomic mass is 9.71. The molecule has 0 aliphatic heterocycles. The maximum atomic E-state index is 3.77. The van der Waals surface area contributed by atoms with Crippen LogP contribution < -0.4 is 0 Å². The fraction of sp³-hybridized carbons (Fsp3) is 0.625. The number of rotatable bonds is 3. The van der Waals surface area contributed by atoms with Gasteiger partial charge >= 0.3 is 0 Å². The van der Waals surface area contributed by atoms with E-state index in [0.717, 1.165) is 5.33 Å². The molecule has 1 aromatic carbocycles. The molecule has 0 aromatic heterocycles. The van der Waals surface area contributed by atoms with Crippen molar-refractivity contribution in [3.8, 4) is 0 Å². The Bertz CT molecular complexity index is 375. The Morgan fingerprint density at radius 3 is 2.47 bits per heavy atom. The highest BCUT2D eigenvalue weighted by atomic mass is 79.9. The fourth-order valence-corrected chi connectivity index (χ4v) is 3.81. The minimum absolute atomic E-state index is 0.525. The number of alkyl halides is 1. The summed E-state index contributed by atoms with van der Waals surface area (Å²) in [6.07, 6.45) is 8.30. The van der Waals surface area contributed by atoms with E-state index < -0.39 is 0 Å². The second kappa shape index (κ2) is 5.56. The van der Waals surface area contributed by atoms with Crippen LogP contribution in [0.3, 0.4) is 0 Å². The topological polar surface area (TPSA) is 0 Å². The van der Waals surface area contributed by atoms with Crippen molar-refractivity contribution >= 4 is 15.9 Å². The molecule has 1 heteroatoms. The van der Waals surface area contributed by atoms with Crippen LogP contribution in [0.4, 0.5) is 0 Å². The molecule has 1 saturated carbocycles. The number of hydrogen-bond acceptors (Lipinski definition) is 0. The van der Waals surface area contributed by atoms with Gasteiger partial charge in [-0.15, -0.1) is 0 Å². The maximum absolute atomic E-state index is 3.77. The molecule has 0 N–H and O–H groups in total. The summed E-state index contributed by atoms with van der Waals surface area (Å²) in [5, 5.41) is 1.16. The van der Waals surface area contributed by atoms with Gasteiger partial charge < -0.3 is 0 Å². The van der Waals surface area contributed by atoms with Gasteiger partial charge in [0.2, 0.25) is 0 Å². The van der Waals surface area contributed by atoms with Crippen molar-refractivity contribution in [1.82, 2.24) is 0 Å². The predicted molar refractivity (Wildman–Crippen MR) is 78.9 cm³/mol. The summed E-state index contributed by atoms with van der Waals surface area (Å²) in [7, 11) is 0. The molecule has 0 spiro atoms. The molecule has 1 aliphatic carbocycles. The maximum Gasteiger partial charge on any atom is 0.00911 e. The number of benzene rings is 1. The number of hydrogen-bond donors (Lipinski definition) is 0. The highest BCUT2D eigenvalue weighted by molar-refractivity contribution is 9.09. The molecule has 1 aliphatic rings. The zero-order chi connectivity index (χ0) is 12.3. The quantitative estimate of drug-likeness (QED) is 0.673. The Morgan fingerprint density at radius 1 is 1.12 bits per heavy atom. The van der Waals surface area contributed by atoms with Crippen LogP contribution in [0.25, 0.3) is 0 Å². The second-order valence-electron chi connectivity index (χ2n) is 5.80. The van der Waals surface area contributed by atoms with Gasteiger partial charge in [0.25, 0.3) is 0 Å². The van der Waals surface area contributed by atoms with E-state index in [4.69, 9.17) is 0 Å². The molecule has 94 valence electrons. The van der Waals surface area contributed by atoms with Gasteiger partial charge in [0.05, 0.1) is 0 Å². The molecule has 0 unspecified atom stereocenters. The van der Waals surface area contributed by atoms with Gasteiger partial charge in [-0.05, 0) is 49.7 Å². The van der Waals surface area contributed by atoms with E-state index in [0.29, 0.717) is 5.41 Å². The standard InChI is InChI=1S/C16H23Br/c1-13-6-7-14(2)15(10-13)11-16(12-17)8-4-3-5-9-16/h6-7,10H,3-5,8-9,11-12H2,1-2H3. The van der Waals surface area contributed by atoms with E-state index in [1.165, 1.54) is 49.7 Å². The van der Waals surface area contributed by atoms with Crippen molar-refractivity contribution in [1.29, 1.82) is 0 Å². The summed E-state index contributed by atoms with van der Waals surface area (Å²) < 4.78 is 0. The van der Waals surface area contributed by atoms with Crippen molar-refractivity contribution in [2.75, 3.05) is 5.33 Å². The second-order valence-corrected chi connectivity index (χ2v) is 6.36. The Balaban J connectivity index is 2.20. The van der Waals surface area contributed by atoms with Gasteiger partial charge in [-0.25, -0.2) is 0 Å². The highest BCUT2D eigenvalue weighted by Gasteiger charge is 2.31. The Labute approximate surface area is 114 Å². The molecule has 2 rings (SSSR count).